The van der Waals surface area contributed by atoms with Crippen LogP contribution >= 0.6 is 34.5 Å². The van der Waals surface area contributed by atoms with Gasteiger partial charge in [0.2, 0.25) is 0 Å². The summed E-state index contributed by atoms with van der Waals surface area (Å²) >= 11 is 12.7. The Bertz CT molecular complexity index is 1260. The topological polar surface area (TPSA) is 102 Å². The highest BCUT2D eigenvalue weighted by Gasteiger charge is 2.22. The number of methoxy groups -OCH3 is 1. The van der Waals surface area contributed by atoms with Crippen molar-refractivity contribution in [2.45, 2.75) is 9.10 Å². The first-order chi connectivity index (χ1) is 13.6. The summed E-state index contributed by atoms with van der Waals surface area (Å²) in [6.45, 7) is 0. The van der Waals surface area contributed by atoms with Crippen LogP contribution in [0.2, 0.25) is 9.36 Å². The number of rotatable bonds is 7. The minimum atomic E-state index is -4.04. The van der Waals surface area contributed by atoms with Gasteiger partial charge in [-0.15, -0.1) is 11.3 Å². The highest BCUT2D eigenvalue weighted by atomic mass is 35.5. The number of benzene rings is 2. The zero-order valence-corrected chi connectivity index (χ0v) is 18.7. The molecule has 0 radical (unpaired) electrons. The second kappa shape index (κ2) is 8.41. The van der Waals surface area contributed by atoms with Crippen LogP contribution in [0.1, 0.15) is 0 Å². The Morgan fingerprint density at radius 1 is 0.862 bits per heavy atom. The first-order valence-electron chi connectivity index (χ1n) is 7.86. The van der Waals surface area contributed by atoms with E-state index in [2.05, 4.69) is 9.44 Å². The van der Waals surface area contributed by atoms with Gasteiger partial charge in [0.05, 0.1) is 32.7 Å². The lowest BCUT2D eigenvalue weighted by Gasteiger charge is -2.14. The Morgan fingerprint density at radius 2 is 1.55 bits per heavy atom. The standard InChI is InChI=1S/C17H14Cl2N2O5S3/c1-26-15-7-6-11(28(22,23)20-13-5-3-2-4-12(13)18)10-14(15)21-29(24,25)17-9-8-16(19)27-17/h2-10,20-21H,1H3. The van der Waals surface area contributed by atoms with E-state index in [1.807, 2.05) is 0 Å². The van der Waals surface area contributed by atoms with Gasteiger partial charge in [-0.25, -0.2) is 16.8 Å². The molecule has 0 aliphatic heterocycles. The van der Waals surface area contributed by atoms with E-state index in [4.69, 9.17) is 27.9 Å². The van der Waals surface area contributed by atoms with Gasteiger partial charge in [0.25, 0.3) is 20.0 Å². The van der Waals surface area contributed by atoms with Gasteiger partial charge in [0.1, 0.15) is 9.96 Å². The zero-order valence-electron chi connectivity index (χ0n) is 14.7. The van der Waals surface area contributed by atoms with Gasteiger partial charge >= 0.3 is 0 Å². The summed E-state index contributed by atoms with van der Waals surface area (Å²) in [5.41, 5.74) is 0.152. The highest BCUT2D eigenvalue weighted by molar-refractivity contribution is 7.94. The maximum absolute atomic E-state index is 12.7. The Morgan fingerprint density at radius 3 is 2.17 bits per heavy atom. The number of thiophene rings is 1. The molecular weight excluding hydrogens is 479 g/mol. The maximum Gasteiger partial charge on any atom is 0.271 e. The fraction of sp³-hybridized carbons (Fsp3) is 0.0588. The fourth-order valence-electron chi connectivity index (χ4n) is 2.32. The fourth-order valence-corrected chi connectivity index (χ4v) is 6.21. The molecule has 154 valence electrons. The summed E-state index contributed by atoms with van der Waals surface area (Å²) in [5, 5.41) is 0.222. The van der Waals surface area contributed by atoms with E-state index >= 15 is 0 Å². The zero-order chi connectivity index (χ0) is 21.2. The third-order valence-electron chi connectivity index (χ3n) is 3.66. The van der Waals surface area contributed by atoms with Crippen LogP contribution in [-0.4, -0.2) is 23.9 Å². The molecular formula is C17H14Cl2N2O5S3. The molecule has 0 saturated carbocycles. The van der Waals surface area contributed by atoms with Crippen molar-refractivity contribution < 1.29 is 21.6 Å². The Labute approximate surface area is 182 Å². The number of nitrogens with one attached hydrogen (secondary N) is 2. The molecule has 1 aromatic heterocycles. The SMILES string of the molecule is COc1ccc(S(=O)(=O)Nc2ccccc2Cl)cc1NS(=O)(=O)c1ccc(Cl)s1. The second-order valence-electron chi connectivity index (χ2n) is 5.61. The Hall–Kier alpha value is -1.98. The van der Waals surface area contributed by atoms with E-state index in [0.717, 1.165) is 17.4 Å². The maximum atomic E-state index is 12.7. The average Bonchev–Trinajstić information content (AvgIpc) is 3.10. The number of sulfonamides is 2. The molecule has 7 nitrogen and oxygen atoms in total. The van der Waals surface area contributed by atoms with Crippen LogP contribution in [-0.2, 0) is 20.0 Å². The molecule has 29 heavy (non-hydrogen) atoms. The largest absolute Gasteiger partial charge is 0.495 e. The summed E-state index contributed by atoms with van der Waals surface area (Å²) in [6.07, 6.45) is 0. The van der Waals surface area contributed by atoms with E-state index in [9.17, 15) is 16.8 Å². The van der Waals surface area contributed by atoms with Gasteiger partial charge < -0.3 is 4.74 Å². The van der Waals surface area contributed by atoms with Crippen molar-refractivity contribution in [1.29, 1.82) is 0 Å². The normalized spacial score (nSPS) is 11.8. The molecule has 0 bridgehead atoms. The molecule has 1 heterocycles. The predicted molar refractivity (Wildman–Crippen MR) is 115 cm³/mol. The van der Waals surface area contributed by atoms with Gasteiger partial charge in [-0.1, -0.05) is 35.3 Å². The number of anilines is 2. The molecule has 0 atom stereocenters. The van der Waals surface area contributed by atoms with Gasteiger partial charge in [0.15, 0.2) is 0 Å². The molecule has 0 fully saturated rings. The van der Waals surface area contributed by atoms with E-state index < -0.39 is 20.0 Å². The van der Waals surface area contributed by atoms with E-state index in [0.29, 0.717) is 4.34 Å². The van der Waals surface area contributed by atoms with Gasteiger partial charge in [-0.05, 0) is 42.5 Å². The van der Waals surface area contributed by atoms with Crippen LogP contribution < -0.4 is 14.2 Å². The molecule has 2 N–H and O–H groups in total. The molecule has 0 amide bonds. The first kappa shape index (κ1) is 21.7. The molecule has 0 aliphatic rings. The summed E-state index contributed by atoms with van der Waals surface area (Å²) in [4.78, 5) is -0.180. The molecule has 3 aromatic rings. The van der Waals surface area contributed by atoms with Crippen molar-refractivity contribution in [2.75, 3.05) is 16.6 Å². The number of halogens is 2. The molecule has 3 rings (SSSR count). The van der Waals surface area contributed by atoms with E-state index in [-0.39, 0.29) is 31.3 Å². The number of hydrogen-bond acceptors (Lipinski definition) is 6. The van der Waals surface area contributed by atoms with Crippen LogP contribution in [0, 0.1) is 0 Å². The monoisotopic (exact) mass is 492 g/mol. The van der Waals surface area contributed by atoms with Crippen LogP contribution in [0.25, 0.3) is 0 Å². The molecule has 12 heteroatoms. The van der Waals surface area contributed by atoms with Crippen LogP contribution in [0.5, 0.6) is 5.75 Å². The lowest BCUT2D eigenvalue weighted by atomic mass is 10.3. The molecule has 0 saturated heterocycles. The minimum Gasteiger partial charge on any atom is -0.495 e. The van der Waals surface area contributed by atoms with Crippen molar-refractivity contribution in [2.24, 2.45) is 0 Å². The number of para-hydroxylation sites is 1. The lowest BCUT2D eigenvalue weighted by Crippen LogP contribution is -2.16. The van der Waals surface area contributed by atoms with Gasteiger partial charge in [0, 0.05) is 0 Å². The van der Waals surface area contributed by atoms with Gasteiger partial charge in [-0.2, -0.15) is 0 Å². The minimum absolute atomic E-state index is 0.0213. The first-order valence-corrected chi connectivity index (χ1v) is 12.4. The van der Waals surface area contributed by atoms with Crippen molar-refractivity contribution in [3.63, 3.8) is 0 Å². The molecule has 0 spiro atoms. The van der Waals surface area contributed by atoms with E-state index in [1.165, 1.54) is 37.4 Å². The van der Waals surface area contributed by atoms with Crippen molar-refractivity contribution >= 4 is 66.0 Å². The summed E-state index contributed by atoms with van der Waals surface area (Å²) < 4.78 is 60.8. The summed E-state index contributed by atoms with van der Waals surface area (Å²) in [5.74, 6) is 0.146. The Balaban J connectivity index is 1.97. The number of hydrogen-bond donors (Lipinski definition) is 2. The second-order valence-corrected chi connectivity index (χ2v) is 11.3. The predicted octanol–water partition coefficient (Wildman–Crippen LogP) is 4.67. The summed E-state index contributed by atoms with van der Waals surface area (Å²) in [7, 11) is -6.69. The lowest BCUT2D eigenvalue weighted by molar-refractivity contribution is 0.416. The molecule has 0 unspecified atom stereocenters. The third-order valence-corrected chi connectivity index (χ3v) is 8.44. The molecule has 0 aliphatic carbocycles. The third kappa shape index (κ3) is 4.96. The highest BCUT2D eigenvalue weighted by Crippen LogP contribution is 2.33. The van der Waals surface area contributed by atoms with Crippen molar-refractivity contribution in [3.05, 3.63) is 64.0 Å². The Kier molecular flexibility index (Phi) is 6.30. The van der Waals surface area contributed by atoms with Crippen LogP contribution in [0.3, 0.4) is 0 Å². The van der Waals surface area contributed by atoms with Crippen LogP contribution in [0.15, 0.2) is 63.7 Å². The van der Waals surface area contributed by atoms with Crippen molar-refractivity contribution in [1.82, 2.24) is 0 Å². The quantitative estimate of drug-likeness (QED) is 0.498. The van der Waals surface area contributed by atoms with E-state index in [1.54, 1.807) is 18.2 Å². The smallest absolute Gasteiger partial charge is 0.271 e. The van der Waals surface area contributed by atoms with Crippen molar-refractivity contribution in [3.8, 4) is 5.75 Å². The average molecular weight is 493 g/mol. The van der Waals surface area contributed by atoms with Gasteiger partial charge in [-0.3, -0.25) is 9.44 Å². The summed E-state index contributed by atoms with van der Waals surface area (Å²) in [6, 6.07) is 12.9. The van der Waals surface area contributed by atoms with Crippen LogP contribution in [0.4, 0.5) is 11.4 Å². The number of ether oxygens (including phenoxy) is 1. The molecule has 2 aromatic carbocycles.